The fourth-order valence-corrected chi connectivity index (χ4v) is 2.27. The molecule has 1 aliphatic carbocycles. The van der Waals surface area contributed by atoms with E-state index in [1.807, 2.05) is 0 Å². The molecule has 1 aliphatic rings. The van der Waals surface area contributed by atoms with Crippen molar-refractivity contribution in [3.05, 3.63) is 0 Å². The van der Waals surface area contributed by atoms with Crippen molar-refractivity contribution in [2.75, 3.05) is 0 Å². The van der Waals surface area contributed by atoms with E-state index in [1.54, 1.807) is 0 Å². The van der Waals surface area contributed by atoms with Crippen LogP contribution in [0.25, 0.3) is 0 Å². The van der Waals surface area contributed by atoms with Crippen LogP contribution in [-0.4, -0.2) is 16.1 Å². The Morgan fingerprint density at radius 3 is 2.82 bits per heavy atom. The van der Waals surface area contributed by atoms with E-state index < -0.39 is 5.60 Å². The van der Waals surface area contributed by atoms with Crippen LogP contribution in [0.2, 0.25) is 0 Å². The van der Waals surface area contributed by atoms with E-state index in [4.69, 9.17) is 11.6 Å². The van der Waals surface area contributed by atoms with Crippen molar-refractivity contribution in [2.24, 2.45) is 0 Å². The zero-order valence-corrected chi connectivity index (χ0v) is 7.90. The minimum Gasteiger partial charge on any atom is -0.388 e. The van der Waals surface area contributed by atoms with Crippen molar-refractivity contribution in [3.8, 4) is 0 Å². The fraction of sp³-hybridized carbons (Fsp3) is 1.00. The number of halogens is 1. The molecule has 1 rings (SSSR count). The van der Waals surface area contributed by atoms with Crippen molar-refractivity contribution in [2.45, 2.75) is 56.4 Å². The summed E-state index contributed by atoms with van der Waals surface area (Å²) in [4.78, 5) is 0. The summed E-state index contributed by atoms with van der Waals surface area (Å²) in [6, 6.07) is 0. The van der Waals surface area contributed by atoms with Gasteiger partial charge in [0, 0.05) is 0 Å². The Hall–Kier alpha value is 0.250. The van der Waals surface area contributed by atoms with Crippen LogP contribution in [0.5, 0.6) is 0 Å². The van der Waals surface area contributed by atoms with Gasteiger partial charge in [-0.15, -0.1) is 11.6 Å². The molecular formula is C9H17ClO. The highest BCUT2D eigenvalue weighted by Gasteiger charge is 2.36. The second-order valence-corrected chi connectivity index (χ2v) is 4.09. The average Bonchev–Trinajstić information content (AvgIpc) is 1.96. The quantitative estimate of drug-likeness (QED) is 0.642. The van der Waals surface area contributed by atoms with E-state index in [-0.39, 0.29) is 5.38 Å². The smallest absolute Gasteiger partial charge is 0.0810 e. The highest BCUT2D eigenvalue weighted by molar-refractivity contribution is 6.21. The maximum absolute atomic E-state index is 10.0. The number of hydrogen-bond acceptors (Lipinski definition) is 1. The zero-order chi connectivity index (χ0) is 8.32. The largest absolute Gasteiger partial charge is 0.388 e. The topological polar surface area (TPSA) is 20.2 Å². The zero-order valence-electron chi connectivity index (χ0n) is 7.15. The van der Waals surface area contributed by atoms with Gasteiger partial charge in [0.05, 0.1) is 11.0 Å². The maximum atomic E-state index is 10.0. The molecule has 2 unspecified atom stereocenters. The number of alkyl halides is 1. The lowest BCUT2D eigenvalue weighted by Crippen LogP contribution is -2.41. The average molecular weight is 177 g/mol. The van der Waals surface area contributed by atoms with Gasteiger partial charge in [-0.1, -0.05) is 26.2 Å². The molecule has 1 nitrogen and oxygen atoms in total. The van der Waals surface area contributed by atoms with E-state index in [0.717, 1.165) is 32.1 Å². The summed E-state index contributed by atoms with van der Waals surface area (Å²) in [6.07, 6.45) is 6.09. The van der Waals surface area contributed by atoms with Crippen LogP contribution < -0.4 is 0 Å². The molecule has 1 N–H and O–H groups in total. The Morgan fingerprint density at radius 2 is 2.27 bits per heavy atom. The summed E-state index contributed by atoms with van der Waals surface area (Å²) in [5, 5.41) is 10.0. The lowest BCUT2D eigenvalue weighted by Gasteiger charge is -2.36. The predicted molar refractivity (Wildman–Crippen MR) is 48.0 cm³/mol. The van der Waals surface area contributed by atoms with E-state index in [1.165, 1.54) is 6.42 Å². The van der Waals surface area contributed by atoms with E-state index in [2.05, 4.69) is 6.92 Å². The van der Waals surface area contributed by atoms with Crippen molar-refractivity contribution in [3.63, 3.8) is 0 Å². The molecule has 66 valence electrons. The van der Waals surface area contributed by atoms with Crippen LogP contribution in [0.15, 0.2) is 0 Å². The molecule has 0 heterocycles. The molecule has 2 heteroatoms. The third-order valence-corrected chi connectivity index (χ3v) is 3.21. The SMILES string of the molecule is CCCC1(O)CCCCC1Cl. The summed E-state index contributed by atoms with van der Waals surface area (Å²) < 4.78 is 0. The van der Waals surface area contributed by atoms with Crippen molar-refractivity contribution >= 4 is 11.6 Å². The van der Waals surface area contributed by atoms with Crippen LogP contribution in [0.3, 0.4) is 0 Å². The van der Waals surface area contributed by atoms with Crippen molar-refractivity contribution < 1.29 is 5.11 Å². The Morgan fingerprint density at radius 1 is 1.55 bits per heavy atom. The fourth-order valence-electron chi connectivity index (χ4n) is 1.89. The molecule has 0 spiro atoms. The van der Waals surface area contributed by atoms with E-state index in [0.29, 0.717) is 0 Å². The van der Waals surface area contributed by atoms with Crippen LogP contribution in [0.4, 0.5) is 0 Å². The summed E-state index contributed by atoms with van der Waals surface area (Å²) in [5.74, 6) is 0. The monoisotopic (exact) mass is 176 g/mol. The van der Waals surface area contributed by atoms with Gasteiger partial charge in [0.1, 0.15) is 0 Å². The molecule has 0 aromatic rings. The van der Waals surface area contributed by atoms with Crippen molar-refractivity contribution in [1.29, 1.82) is 0 Å². The second kappa shape index (κ2) is 3.77. The Kier molecular flexibility index (Phi) is 3.20. The van der Waals surface area contributed by atoms with Gasteiger partial charge < -0.3 is 5.11 Å². The molecule has 0 aromatic carbocycles. The normalized spacial score (nSPS) is 39.0. The van der Waals surface area contributed by atoms with Gasteiger partial charge in [0.2, 0.25) is 0 Å². The third kappa shape index (κ3) is 2.09. The predicted octanol–water partition coefficient (Wildman–Crippen LogP) is 2.70. The first-order valence-electron chi connectivity index (χ1n) is 4.55. The first-order chi connectivity index (χ1) is 5.19. The number of rotatable bonds is 2. The molecule has 1 fully saturated rings. The molecule has 0 radical (unpaired) electrons. The van der Waals surface area contributed by atoms with E-state index in [9.17, 15) is 5.11 Å². The second-order valence-electron chi connectivity index (χ2n) is 3.57. The first-order valence-corrected chi connectivity index (χ1v) is 4.99. The highest BCUT2D eigenvalue weighted by atomic mass is 35.5. The van der Waals surface area contributed by atoms with Gasteiger partial charge >= 0.3 is 0 Å². The highest BCUT2D eigenvalue weighted by Crippen LogP contribution is 2.35. The maximum Gasteiger partial charge on any atom is 0.0810 e. The molecule has 1 saturated carbocycles. The molecule has 0 aromatic heterocycles. The Bertz CT molecular complexity index is 123. The lowest BCUT2D eigenvalue weighted by atomic mass is 9.81. The van der Waals surface area contributed by atoms with Gasteiger partial charge in [-0.2, -0.15) is 0 Å². The summed E-state index contributed by atoms with van der Waals surface area (Å²) >= 11 is 6.05. The molecule has 0 aliphatic heterocycles. The van der Waals surface area contributed by atoms with Gasteiger partial charge in [-0.05, 0) is 19.3 Å². The minimum absolute atomic E-state index is 0.00352. The number of hydrogen-bond donors (Lipinski definition) is 1. The molecule has 2 atom stereocenters. The molecule has 0 bridgehead atoms. The lowest BCUT2D eigenvalue weighted by molar-refractivity contribution is -0.0000629. The van der Waals surface area contributed by atoms with Gasteiger partial charge in [0.15, 0.2) is 0 Å². The van der Waals surface area contributed by atoms with Gasteiger partial charge in [-0.3, -0.25) is 0 Å². The molecule has 0 saturated heterocycles. The summed E-state index contributed by atoms with van der Waals surface area (Å²) in [6.45, 7) is 2.09. The van der Waals surface area contributed by atoms with Gasteiger partial charge in [-0.25, -0.2) is 0 Å². The molecule has 0 amide bonds. The standard InChI is InChI=1S/C9H17ClO/c1-2-6-9(11)7-4-3-5-8(9)10/h8,11H,2-7H2,1H3. The molecule has 11 heavy (non-hydrogen) atoms. The Balaban J connectivity index is 2.49. The van der Waals surface area contributed by atoms with Crippen LogP contribution in [0.1, 0.15) is 45.4 Å². The number of aliphatic hydroxyl groups is 1. The van der Waals surface area contributed by atoms with E-state index >= 15 is 0 Å². The minimum atomic E-state index is -0.547. The van der Waals surface area contributed by atoms with Crippen LogP contribution in [0, 0.1) is 0 Å². The van der Waals surface area contributed by atoms with Gasteiger partial charge in [0.25, 0.3) is 0 Å². The van der Waals surface area contributed by atoms with Crippen LogP contribution >= 0.6 is 11.6 Å². The first kappa shape index (κ1) is 9.34. The van der Waals surface area contributed by atoms with Crippen LogP contribution in [-0.2, 0) is 0 Å². The van der Waals surface area contributed by atoms with Crippen molar-refractivity contribution in [1.82, 2.24) is 0 Å². The molecular weight excluding hydrogens is 160 g/mol. The summed E-state index contributed by atoms with van der Waals surface area (Å²) in [7, 11) is 0. The third-order valence-electron chi connectivity index (χ3n) is 2.58. The Labute approximate surface area is 73.8 Å². The summed E-state index contributed by atoms with van der Waals surface area (Å²) in [5.41, 5.74) is -0.547.